The molecule has 0 saturated carbocycles. The SMILES string of the molecule is CCNC(CC)C(C)Sc1nccc(C)n1. The Kier molecular flexibility index (Phi) is 5.77. The quantitative estimate of drug-likeness (QED) is 0.612. The van der Waals surface area contributed by atoms with Crippen LogP contribution in [0.3, 0.4) is 0 Å². The molecule has 0 saturated heterocycles. The number of hydrogen-bond donors (Lipinski definition) is 1. The smallest absolute Gasteiger partial charge is 0.188 e. The van der Waals surface area contributed by atoms with Crippen molar-refractivity contribution in [3.63, 3.8) is 0 Å². The topological polar surface area (TPSA) is 37.8 Å². The lowest BCUT2D eigenvalue weighted by atomic mass is 10.2. The number of aromatic nitrogens is 2. The molecule has 90 valence electrons. The second-order valence-corrected chi connectivity index (χ2v) is 5.22. The van der Waals surface area contributed by atoms with Crippen LogP contribution in [0.1, 0.15) is 32.9 Å². The van der Waals surface area contributed by atoms with Crippen molar-refractivity contribution in [1.82, 2.24) is 15.3 Å². The summed E-state index contributed by atoms with van der Waals surface area (Å²) in [5.74, 6) is 0. The first-order valence-corrected chi connectivity index (χ1v) is 6.75. The lowest BCUT2D eigenvalue weighted by molar-refractivity contribution is 0.508. The van der Waals surface area contributed by atoms with Crippen LogP contribution in [0.15, 0.2) is 17.4 Å². The zero-order valence-corrected chi connectivity index (χ0v) is 11.3. The summed E-state index contributed by atoms with van der Waals surface area (Å²) in [6, 6.07) is 2.45. The average molecular weight is 239 g/mol. The highest BCUT2D eigenvalue weighted by atomic mass is 32.2. The summed E-state index contributed by atoms with van der Waals surface area (Å²) in [5, 5.41) is 4.86. The number of rotatable bonds is 6. The zero-order valence-electron chi connectivity index (χ0n) is 10.5. The second kappa shape index (κ2) is 6.86. The van der Waals surface area contributed by atoms with Crippen LogP contribution in [0.4, 0.5) is 0 Å². The Balaban J connectivity index is 2.58. The number of nitrogens with zero attached hydrogens (tertiary/aromatic N) is 2. The van der Waals surface area contributed by atoms with Gasteiger partial charge >= 0.3 is 0 Å². The Hall–Kier alpha value is -0.610. The molecule has 3 nitrogen and oxygen atoms in total. The monoisotopic (exact) mass is 239 g/mol. The van der Waals surface area contributed by atoms with Crippen LogP contribution in [0.2, 0.25) is 0 Å². The Morgan fingerprint density at radius 1 is 1.44 bits per heavy atom. The van der Waals surface area contributed by atoms with Crippen LogP contribution in [0.5, 0.6) is 0 Å². The molecular formula is C12H21N3S. The minimum atomic E-state index is 0.492. The van der Waals surface area contributed by atoms with Crippen molar-refractivity contribution in [2.45, 2.75) is 50.6 Å². The van der Waals surface area contributed by atoms with E-state index in [-0.39, 0.29) is 0 Å². The van der Waals surface area contributed by atoms with E-state index in [9.17, 15) is 0 Å². The Morgan fingerprint density at radius 2 is 2.19 bits per heavy atom. The van der Waals surface area contributed by atoms with Crippen LogP contribution < -0.4 is 5.32 Å². The first-order chi connectivity index (χ1) is 7.67. The molecule has 0 aliphatic carbocycles. The highest BCUT2D eigenvalue weighted by Gasteiger charge is 2.16. The van der Waals surface area contributed by atoms with Gasteiger partial charge in [-0.2, -0.15) is 0 Å². The molecular weight excluding hydrogens is 218 g/mol. The van der Waals surface area contributed by atoms with E-state index >= 15 is 0 Å². The molecule has 0 aliphatic rings. The summed E-state index contributed by atoms with van der Waals surface area (Å²) in [7, 11) is 0. The van der Waals surface area contributed by atoms with Gasteiger partial charge in [0, 0.05) is 23.2 Å². The van der Waals surface area contributed by atoms with Crippen LogP contribution in [0, 0.1) is 6.92 Å². The molecule has 4 heteroatoms. The molecule has 0 spiro atoms. The first-order valence-electron chi connectivity index (χ1n) is 5.87. The van der Waals surface area contributed by atoms with Gasteiger partial charge in [0.05, 0.1) is 0 Å². The van der Waals surface area contributed by atoms with Crippen molar-refractivity contribution in [3.05, 3.63) is 18.0 Å². The highest BCUT2D eigenvalue weighted by Crippen LogP contribution is 2.22. The van der Waals surface area contributed by atoms with Crippen LogP contribution >= 0.6 is 11.8 Å². The van der Waals surface area contributed by atoms with Gasteiger partial charge in [-0.1, -0.05) is 32.5 Å². The van der Waals surface area contributed by atoms with Crippen molar-refractivity contribution in [3.8, 4) is 0 Å². The molecule has 16 heavy (non-hydrogen) atoms. The maximum absolute atomic E-state index is 4.41. The van der Waals surface area contributed by atoms with Gasteiger partial charge in [-0.05, 0) is 26.0 Å². The van der Waals surface area contributed by atoms with Gasteiger partial charge in [0.1, 0.15) is 0 Å². The third kappa shape index (κ3) is 4.10. The number of nitrogens with one attached hydrogen (secondary N) is 1. The fourth-order valence-electron chi connectivity index (χ4n) is 1.64. The predicted octanol–water partition coefficient (Wildman–Crippen LogP) is 2.65. The van der Waals surface area contributed by atoms with Crippen molar-refractivity contribution in [1.29, 1.82) is 0 Å². The van der Waals surface area contributed by atoms with E-state index in [0.29, 0.717) is 11.3 Å². The van der Waals surface area contributed by atoms with Gasteiger partial charge in [0.15, 0.2) is 5.16 Å². The molecule has 1 N–H and O–H groups in total. The van der Waals surface area contributed by atoms with Gasteiger partial charge in [0.25, 0.3) is 0 Å². The fraction of sp³-hybridized carbons (Fsp3) is 0.667. The Morgan fingerprint density at radius 3 is 2.75 bits per heavy atom. The lowest BCUT2D eigenvalue weighted by Crippen LogP contribution is -2.36. The van der Waals surface area contributed by atoms with E-state index in [2.05, 4.69) is 36.1 Å². The fourth-order valence-corrected chi connectivity index (χ4v) is 2.74. The molecule has 0 amide bonds. The second-order valence-electron chi connectivity index (χ2n) is 3.88. The highest BCUT2D eigenvalue weighted by molar-refractivity contribution is 7.99. The maximum atomic E-state index is 4.41. The van der Waals surface area contributed by atoms with Crippen LogP contribution in [-0.2, 0) is 0 Å². The largest absolute Gasteiger partial charge is 0.313 e. The molecule has 0 bridgehead atoms. The van der Waals surface area contributed by atoms with E-state index < -0.39 is 0 Å². The van der Waals surface area contributed by atoms with Gasteiger partial charge in [-0.3, -0.25) is 0 Å². The number of aryl methyl sites for hydroxylation is 1. The lowest BCUT2D eigenvalue weighted by Gasteiger charge is -2.22. The van der Waals surface area contributed by atoms with Gasteiger partial charge in [-0.25, -0.2) is 9.97 Å². The minimum absolute atomic E-state index is 0.492. The number of thioether (sulfide) groups is 1. The molecule has 0 radical (unpaired) electrons. The van der Waals surface area contributed by atoms with Gasteiger partial charge in [0.2, 0.25) is 0 Å². The van der Waals surface area contributed by atoms with Crippen molar-refractivity contribution in [2.75, 3.05) is 6.54 Å². The summed E-state index contributed by atoms with van der Waals surface area (Å²) in [5.41, 5.74) is 1.03. The summed E-state index contributed by atoms with van der Waals surface area (Å²) >= 11 is 1.75. The number of hydrogen-bond acceptors (Lipinski definition) is 4. The van der Waals surface area contributed by atoms with Crippen molar-refractivity contribution < 1.29 is 0 Å². The summed E-state index contributed by atoms with van der Waals surface area (Å²) in [6.07, 6.45) is 2.96. The summed E-state index contributed by atoms with van der Waals surface area (Å²) < 4.78 is 0. The standard InChI is InChI=1S/C12H21N3S/c1-5-11(13-6-2)10(4)16-12-14-8-7-9(3)15-12/h7-8,10-11,13H,5-6H2,1-4H3. The molecule has 1 rings (SSSR count). The molecule has 1 aromatic rings. The normalized spacial score (nSPS) is 14.8. The van der Waals surface area contributed by atoms with Crippen molar-refractivity contribution >= 4 is 11.8 Å². The Labute approximate surface area is 102 Å². The van der Waals surface area contributed by atoms with E-state index in [1.165, 1.54) is 0 Å². The van der Waals surface area contributed by atoms with Crippen LogP contribution in [-0.4, -0.2) is 27.8 Å². The molecule has 2 unspecified atom stereocenters. The van der Waals surface area contributed by atoms with Gasteiger partial charge in [-0.15, -0.1) is 0 Å². The van der Waals surface area contributed by atoms with Crippen LogP contribution in [0.25, 0.3) is 0 Å². The van der Waals surface area contributed by atoms with E-state index in [1.54, 1.807) is 11.8 Å². The molecule has 1 aromatic heterocycles. The van der Waals surface area contributed by atoms with E-state index in [1.807, 2.05) is 19.2 Å². The predicted molar refractivity (Wildman–Crippen MR) is 69.8 cm³/mol. The van der Waals surface area contributed by atoms with Gasteiger partial charge < -0.3 is 5.32 Å². The molecule has 0 aliphatic heterocycles. The minimum Gasteiger partial charge on any atom is -0.313 e. The Bertz CT molecular complexity index is 317. The maximum Gasteiger partial charge on any atom is 0.188 e. The van der Waals surface area contributed by atoms with E-state index in [0.717, 1.165) is 23.8 Å². The third-order valence-electron chi connectivity index (χ3n) is 2.54. The molecule has 2 atom stereocenters. The summed E-state index contributed by atoms with van der Waals surface area (Å²) in [6.45, 7) is 9.59. The zero-order chi connectivity index (χ0) is 12.0. The third-order valence-corrected chi connectivity index (χ3v) is 3.64. The van der Waals surface area contributed by atoms with Crippen molar-refractivity contribution in [2.24, 2.45) is 0 Å². The first kappa shape index (κ1) is 13.5. The average Bonchev–Trinajstić information content (AvgIpc) is 2.25. The molecule has 1 heterocycles. The van der Waals surface area contributed by atoms with E-state index in [4.69, 9.17) is 0 Å². The molecule has 0 aromatic carbocycles. The summed E-state index contributed by atoms with van der Waals surface area (Å²) in [4.78, 5) is 8.69. The molecule has 0 fully saturated rings.